The Morgan fingerprint density at radius 2 is 1.95 bits per heavy atom. The van der Waals surface area contributed by atoms with Gasteiger partial charge in [0, 0.05) is 32.1 Å². The summed E-state index contributed by atoms with van der Waals surface area (Å²) in [4.78, 5) is 39.5. The first-order valence-corrected chi connectivity index (χ1v) is 14.4. The van der Waals surface area contributed by atoms with Crippen LogP contribution in [0.3, 0.4) is 0 Å². The number of nitrogens with one attached hydrogen (secondary N) is 1. The van der Waals surface area contributed by atoms with Gasteiger partial charge in [-0.05, 0) is 56.5 Å². The van der Waals surface area contributed by atoms with E-state index in [-0.39, 0.29) is 28.1 Å². The second kappa shape index (κ2) is 13.8. The average molecular weight is 594 g/mol. The number of ether oxygens (including phenoxy) is 2. The number of nitrogens with zero attached hydrogens (tertiary/aromatic N) is 4. The number of esters is 1. The highest BCUT2D eigenvalue weighted by Gasteiger charge is 2.27. The molecule has 0 saturated heterocycles. The van der Waals surface area contributed by atoms with Gasteiger partial charge in [0.25, 0.3) is 5.91 Å². The maximum absolute atomic E-state index is 12.8. The third kappa shape index (κ3) is 7.52. The van der Waals surface area contributed by atoms with E-state index in [2.05, 4.69) is 15.5 Å². The van der Waals surface area contributed by atoms with Gasteiger partial charge in [-0.1, -0.05) is 23.4 Å². The minimum atomic E-state index is -0.616. The largest absolute Gasteiger partial charge is 0.493 e. The van der Waals surface area contributed by atoms with Gasteiger partial charge in [-0.15, -0.1) is 21.5 Å². The van der Waals surface area contributed by atoms with Crippen molar-refractivity contribution >= 4 is 57.5 Å². The summed E-state index contributed by atoms with van der Waals surface area (Å²) in [7, 11) is 4.51. The van der Waals surface area contributed by atoms with E-state index < -0.39 is 5.97 Å². The number of methoxy groups -OCH3 is 1. The first-order chi connectivity index (χ1) is 18.6. The summed E-state index contributed by atoms with van der Waals surface area (Å²) < 4.78 is 12.7. The quantitative estimate of drug-likeness (QED) is 0.180. The minimum absolute atomic E-state index is 0.0472. The van der Waals surface area contributed by atoms with Crippen molar-refractivity contribution in [2.45, 2.75) is 45.3 Å². The smallest absolute Gasteiger partial charge is 0.341 e. The summed E-state index contributed by atoms with van der Waals surface area (Å²) in [6.45, 7) is 6.77. The molecule has 1 N–H and O–H groups in total. The Morgan fingerprint density at radius 3 is 2.59 bits per heavy atom. The number of rotatable bonds is 12. The fourth-order valence-corrected chi connectivity index (χ4v) is 6.05. The van der Waals surface area contributed by atoms with Gasteiger partial charge in [-0.3, -0.25) is 9.59 Å². The van der Waals surface area contributed by atoms with Crippen LogP contribution in [0.4, 0.5) is 5.00 Å². The third-order valence-corrected chi connectivity index (χ3v) is 8.17. The van der Waals surface area contributed by atoms with E-state index in [4.69, 9.17) is 21.1 Å². The monoisotopic (exact) mass is 593 g/mol. The molecule has 3 aromatic rings. The molecule has 10 nitrogen and oxygen atoms in total. The highest BCUT2D eigenvalue weighted by molar-refractivity contribution is 7.99. The zero-order chi connectivity index (χ0) is 28.7. The van der Waals surface area contributed by atoms with Crippen molar-refractivity contribution in [3.05, 3.63) is 50.6 Å². The normalized spacial score (nSPS) is 10.8. The Labute approximate surface area is 241 Å². The SMILES string of the molecule is CCn1c(CCCOc2ccc(Cl)cc2C)nnc1SCC(=O)Nc1sc(C(=O)N(C)C)c(C)c1C(=O)OC. The summed E-state index contributed by atoms with van der Waals surface area (Å²) in [5.41, 5.74) is 1.63. The van der Waals surface area contributed by atoms with Gasteiger partial charge >= 0.3 is 5.97 Å². The Balaban J connectivity index is 1.61. The summed E-state index contributed by atoms with van der Waals surface area (Å²) >= 11 is 8.30. The number of aromatic nitrogens is 3. The molecule has 13 heteroatoms. The van der Waals surface area contributed by atoms with Crippen LogP contribution < -0.4 is 10.1 Å². The van der Waals surface area contributed by atoms with Crippen LogP contribution >= 0.6 is 34.7 Å². The van der Waals surface area contributed by atoms with Crippen LogP contribution in [0.5, 0.6) is 5.75 Å². The van der Waals surface area contributed by atoms with Gasteiger partial charge in [0.15, 0.2) is 5.16 Å². The van der Waals surface area contributed by atoms with E-state index in [0.717, 1.165) is 34.9 Å². The van der Waals surface area contributed by atoms with E-state index in [1.807, 2.05) is 30.5 Å². The molecule has 0 bridgehead atoms. The molecule has 0 atom stereocenters. The molecule has 0 aliphatic heterocycles. The number of carbonyl (C=O) groups is 3. The van der Waals surface area contributed by atoms with Gasteiger partial charge in [0.2, 0.25) is 5.91 Å². The topological polar surface area (TPSA) is 116 Å². The van der Waals surface area contributed by atoms with Crippen molar-refractivity contribution in [1.29, 1.82) is 0 Å². The number of benzene rings is 1. The maximum Gasteiger partial charge on any atom is 0.341 e. The van der Waals surface area contributed by atoms with Crippen molar-refractivity contribution in [1.82, 2.24) is 19.7 Å². The number of thioether (sulfide) groups is 1. The lowest BCUT2D eigenvalue weighted by Crippen LogP contribution is -2.21. The predicted octanol–water partition coefficient (Wildman–Crippen LogP) is 4.86. The summed E-state index contributed by atoms with van der Waals surface area (Å²) in [5.74, 6) is 0.448. The van der Waals surface area contributed by atoms with E-state index in [1.165, 1.54) is 23.8 Å². The number of hydrogen-bond acceptors (Lipinski definition) is 9. The molecule has 1 aromatic carbocycles. The molecule has 0 radical (unpaired) electrons. The average Bonchev–Trinajstić information content (AvgIpc) is 3.44. The van der Waals surface area contributed by atoms with Gasteiger partial charge < -0.3 is 24.3 Å². The number of aryl methyl sites for hydroxylation is 2. The Bertz CT molecular complexity index is 1350. The van der Waals surface area contributed by atoms with E-state index in [1.54, 1.807) is 27.1 Å². The van der Waals surface area contributed by atoms with Crippen LogP contribution in [-0.2, 0) is 22.5 Å². The number of anilines is 1. The molecule has 2 amide bonds. The van der Waals surface area contributed by atoms with Crippen LogP contribution in [-0.4, -0.2) is 71.0 Å². The maximum atomic E-state index is 12.8. The molecule has 0 aliphatic rings. The third-order valence-electron chi connectivity index (χ3n) is 5.77. The highest BCUT2D eigenvalue weighted by Crippen LogP contribution is 2.34. The molecular formula is C26H32ClN5O5S2. The first-order valence-electron chi connectivity index (χ1n) is 12.2. The molecule has 2 aromatic heterocycles. The van der Waals surface area contributed by atoms with Crippen molar-refractivity contribution in [3.8, 4) is 5.75 Å². The van der Waals surface area contributed by atoms with Gasteiger partial charge in [-0.25, -0.2) is 4.79 Å². The molecule has 0 aliphatic carbocycles. The molecule has 0 fully saturated rings. The van der Waals surface area contributed by atoms with E-state index in [9.17, 15) is 14.4 Å². The van der Waals surface area contributed by atoms with E-state index >= 15 is 0 Å². The number of carbonyl (C=O) groups excluding carboxylic acids is 3. The molecule has 210 valence electrons. The van der Waals surface area contributed by atoms with Crippen LogP contribution in [0, 0.1) is 13.8 Å². The number of thiophene rings is 1. The highest BCUT2D eigenvalue weighted by atomic mass is 35.5. The first kappa shape index (κ1) is 30.5. The van der Waals surface area contributed by atoms with Crippen LogP contribution in [0.15, 0.2) is 23.4 Å². The number of halogens is 1. The van der Waals surface area contributed by atoms with Crippen LogP contribution in [0.2, 0.25) is 5.02 Å². The van der Waals surface area contributed by atoms with Crippen molar-refractivity contribution in [2.24, 2.45) is 0 Å². The van der Waals surface area contributed by atoms with Crippen molar-refractivity contribution in [2.75, 3.05) is 38.9 Å². The van der Waals surface area contributed by atoms with E-state index in [0.29, 0.717) is 40.2 Å². The predicted molar refractivity (Wildman–Crippen MR) is 153 cm³/mol. The second-order valence-corrected chi connectivity index (χ2v) is 11.2. The van der Waals surface area contributed by atoms with Gasteiger partial charge in [-0.2, -0.15) is 0 Å². The molecular weight excluding hydrogens is 562 g/mol. The lowest BCUT2D eigenvalue weighted by atomic mass is 10.1. The Kier molecular flexibility index (Phi) is 10.8. The summed E-state index contributed by atoms with van der Waals surface area (Å²) in [5, 5.41) is 12.9. The standard InChI is InChI=1S/C26H32ClN5O5S2/c1-7-32-19(9-8-12-37-18-11-10-17(27)13-15(18)2)29-30-26(32)38-14-20(33)28-23-21(25(35)36-6)16(3)22(39-23)24(34)31(4)5/h10-11,13H,7-9,12,14H2,1-6H3,(H,28,33). The van der Waals surface area contributed by atoms with Crippen LogP contribution in [0.1, 0.15) is 50.3 Å². The molecule has 0 spiro atoms. The summed E-state index contributed by atoms with van der Waals surface area (Å²) in [6, 6.07) is 5.52. The molecule has 0 saturated carbocycles. The summed E-state index contributed by atoms with van der Waals surface area (Å²) in [6.07, 6.45) is 1.41. The molecule has 2 heterocycles. The lowest BCUT2D eigenvalue weighted by Gasteiger charge is -2.10. The molecule has 3 rings (SSSR count). The van der Waals surface area contributed by atoms with Crippen molar-refractivity contribution < 1.29 is 23.9 Å². The number of hydrogen-bond donors (Lipinski definition) is 1. The lowest BCUT2D eigenvalue weighted by molar-refractivity contribution is -0.113. The molecule has 0 unspecified atom stereocenters. The van der Waals surface area contributed by atoms with Crippen molar-refractivity contribution in [3.63, 3.8) is 0 Å². The minimum Gasteiger partial charge on any atom is -0.493 e. The zero-order valence-electron chi connectivity index (χ0n) is 22.8. The van der Waals surface area contributed by atoms with Gasteiger partial charge in [0.1, 0.15) is 16.6 Å². The van der Waals surface area contributed by atoms with Gasteiger partial charge in [0.05, 0.1) is 29.9 Å². The fourth-order valence-electron chi connectivity index (χ4n) is 3.76. The Morgan fingerprint density at radius 1 is 1.21 bits per heavy atom. The fraction of sp³-hybridized carbons (Fsp3) is 0.423. The van der Waals surface area contributed by atoms with Crippen LogP contribution in [0.25, 0.3) is 0 Å². The molecule has 39 heavy (non-hydrogen) atoms. The Hall–Kier alpha value is -3.09. The zero-order valence-corrected chi connectivity index (χ0v) is 25.2. The second-order valence-electron chi connectivity index (χ2n) is 8.79. The number of amides is 2.